The quantitative estimate of drug-likeness (QED) is 0.217. The van der Waals surface area contributed by atoms with E-state index < -0.39 is 28.3 Å². The van der Waals surface area contributed by atoms with Crippen LogP contribution < -0.4 is 4.74 Å². The van der Waals surface area contributed by atoms with E-state index >= 15 is 0 Å². The number of methoxy groups -OCH3 is 1. The maximum Gasteiger partial charge on any atom is 0.325 e. The first-order valence-electron chi connectivity index (χ1n) is 10.1. The summed E-state index contributed by atoms with van der Waals surface area (Å²) in [6.07, 6.45) is -0.250. The smallest absolute Gasteiger partial charge is 0.325 e. The van der Waals surface area contributed by atoms with Crippen molar-refractivity contribution in [1.82, 2.24) is 4.90 Å². The van der Waals surface area contributed by atoms with Crippen LogP contribution in [-0.4, -0.2) is 66.9 Å². The van der Waals surface area contributed by atoms with Crippen LogP contribution in [0, 0.1) is 10.1 Å². The van der Waals surface area contributed by atoms with Crippen molar-refractivity contribution in [1.29, 1.82) is 0 Å². The van der Waals surface area contributed by atoms with Crippen molar-refractivity contribution >= 4 is 28.6 Å². The van der Waals surface area contributed by atoms with E-state index in [1.165, 1.54) is 14.0 Å². The number of nitrogens with zero attached hydrogens (tertiary/aromatic N) is 2. The van der Waals surface area contributed by atoms with Gasteiger partial charge in [0.25, 0.3) is 5.09 Å². The maximum atomic E-state index is 12.7. The lowest BCUT2D eigenvalue weighted by Gasteiger charge is -2.27. The van der Waals surface area contributed by atoms with E-state index in [-0.39, 0.29) is 32.6 Å². The van der Waals surface area contributed by atoms with Crippen molar-refractivity contribution in [2.75, 3.05) is 33.9 Å². The SMILES string of the molecule is COc1ccc2cc([C@](C)(CC(=O)N(C)CC(=O)OCCCO[N+](=O)[O-])C(=O)O)ccc2c1. The first-order valence-corrected chi connectivity index (χ1v) is 10.1. The van der Waals surface area contributed by atoms with Crippen molar-refractivity contribution in [3.05, 3.63) is 52.1 Å². The number of carbonyl (C=O) groups is 3. The van der Waals surface area contributed by atoms with Crippen molar-refractivity contribution in [3.63, 3.8) is 0 Å². The van der Waals surface area contributed by atoms with E-state index in [4.69, 9.17) is 9.47 Å². The van der Waals surface area contributed by atoms with E-state index in [0.717, 1.165) is 15.7 Å². The van der Waals surface area contributed by atoms with Crippen LogP contribution in [0.5, 0.6) is 5.75 Å². The molecular formula is C22H26N2O9. The fourth-order valence-electron chi connectivity index (χ4n) is 3.14. The first-order chi connectivity index (χ1) is 15.6. The highest BCUT2D eigenvalue weighted by Gasteiger charge is 2.38. The molecular weight excluding hydrogens is 436 g/mol. The number of hydrogen-bond donors (Lipinski definition) is 1. The fourth-order valence-corrected chi connectivity index (χ4v) is 3.14. The van der Waals surface area contributed by atoms with Gasteiger partial charge in [-0.3, -0.25) is 14.4 Å². The second-order valence-electron chi connectivity index (χ2n) is 7.62. The van der Waals surface area contributed by atoms with Crippen molar-refractivity contribution in [2.45, 2.75) is 25.2 Å². The minimum absolute atomic E-state index is 0.108. The maximum absolute atomic E-state index is 12.7. The third-order valence-electron chi connectivity index (χ3n) is 5.20. The summed E-state index contributed by atoms with van der Waals surface area (Å²) in [6, 6.07) is 10.5. The Hall–Kier alpha value is -3.89. The number of aliphatic carboxylic acids is 1. The van der Waals surface area contributed by atoms with E-state index in [1.54, 1.807) is 37.4 Å². The summed E-state index contributed by atoms with van der Waals surface area (Å²) >= 11 is 0. The molecule has 0 radical (unpaired) electrons. The predicted molar refractivity (Wildman–Crippen MR) is 116 cm³/mol. The van der Waals surface area contributed by atoms with Gasteiger partial charge in [0, 0.05) is 19.9 Å². The highest BCUT2D eigenvalue weighted by molar-refractivity contribution is 5.92. The molecule has 0 bridgehead atoms. The minimum Gasteiger partial charge on any atom is -0.497 e. The molecule has 0 saturated carbocycles. The summed E-state index contributed by atoms with van der Waals surface area (Å²) in [4.78, 5) is 52.0. The summed E-state index contributed by atoms with van der Waals surface area (Å²) in [5.74, 6) is -1.78. The average molecular weight is 462 g/mol. The first kappa shape index (κ1) is 25.4. The van der Waals surface area contributed by atoms with Crippen molar-refractivity contribution < 1.29 is 38.9 Å². The molecule has 1 amide bonds. The zero-order valence-corrected chi connectivity index (χ0v) is 18.6. The third kappa shape index (κ3) is 6.79. The molecule has 0 unspecified atom stereocenters. The molecule has 0 aliphatic rings. The largest absolute Gasteiger partial charge is 0.497 e. The second-order valence-corrected chi connectivity index (χ2v) is 7.62. The van der Waals surface area contributed by atoms with Crippen LogP contribution in [0.25, 0.3) is 10.8 Å². The topological polar surface area (TPSA) is 146 Å². The van der Waals surface area contributed by atoms with E-state index in [0.29, 0.717) is 11.3 Å². The lowest BCUT2D eigenvalue weighted by Crippen LogP contribution is -2.41. The lowest BCUT2D eigenvalue weighted by molar-refractivity contribution is -0.757. The number of ether oxygens (including phenoxy) is 2. The number of benzene rings is 2. The van der Waals surface area contributed by atoms with Crippen LogP contribution in [0.1, 0.15) is 25.3 Å². The van der Waals surface area contributed by atoms with E-state index in [1.807, 2.05) is 6.07 Å². The Labute approximate surface area is 189 Å². The summed E-state index contributed by atoms with van der Waals surface area (Å²) < 4.78 is 10.1. The van der Waals surface area contributed by atoms with Crippen LogP contribution in [0.2, 0.25) is 0 Å². The molecule has 0 aromatic heterocycles. The second kappa shape index (κ2) is 11.1. The molecule has 33 heavy (non-hydrogen) atoms. The number of carboxylic acids is 1. The van der Waals surface area contributed by atoms with Gasteiger partial charge < -0.3 is 24.3 Å². The van der Waals surface area contributed by atoms with Crippen LogP contribution in [0.4, 0.5) is 0 Å². The van der Waals surface area contributed by atoms with Crippen LogP contribution in [-0.2, 0) is 29.4 Å². The van der Waals surface area contributed by atoms with E-state index in [2.05, 4.69) is 4.84 Å². The standard InChI is InChI=1S/C22H26N2O9/c1-22(21(27)28,17-7-5-16-12-18(31-3)8-6-15(16)11-17)13-19(25)23(2)14-20(26)32-9-4-10-33-24(29)30/h5-8,11-12H,4,9-10,13-14H2,1-3H3,(H,27,28)/t22-/m0/s1. The number of likely N-dealkylation sites (N-methyl/N-ethyl adjacent to an activating group) is 1. The molecule has 2 rings (SSSR count). The Morgan fingerprint density at radius 3 is 2.42 bits per heavy atom. The zero-order valence-electron chi connectivity index (χ0n) is 18.6. The molecule has 0 aliphatic heterocycles. The number of esters is 1. The molecule has 0 aliphatic carbocycles. The Bertz CT molecular complexity index is 1040. The minimum atomic E-state index is -1.52. The molecule has 2 aromatic rings. The normalized spacial score (nSPS) is 12.5. The summed E-state index contributed by atoms with van der Waals surface area (Å²) in [7, 11) is 2.92. The fraction of sp³-hybridized carbons (Fsp3) is 0.409. The number of carbonyl (C=O) groups excluding carboxylic acids is 2. The Morgan fingerprint density at radius 2 is 1.79 bits per heavy atom. The highest BCUT2D eigenvalue weighted by atomic mass is 16.9. The van der Waals surface area contributed by atoms with Gasteiger partial charge in [0.2, 0.25) is 5.91 Å². The van der Waals surface area contributed by atoms with Crippen LogP contribution in [0.3, 0.4) is 0 Å². The number of carboxylic acid groups (broad SMARTS) is 1. The number of fused-ring (bicyclic) bond motifs is 1. The Balaban J connectivity index is 2.04. The van der Waals surface area contributed by atoms with Crippen LogP contribution >= 0.6 is 0 Å². The van der Waals surface area contributed by atoms with Gasteiger partial charge in [-0.1, -0.05) is 18.2 Å². The lowest BCUT2D eigenvalue weighted by atomic mass is 9.78. The zero-order chi connectivity index (χ0) is 24.6. The van der Waals surface area contributed by atoms with Crippen molar-refractivity contribution in [3.8, 4) is 5.75 Å². The number of rotatable bonds is 12. The molecule has 11 heteroatoms. The molecule has 1 atom stereocenters. The Kier molecular flexibility index (Phi) is 8.55. The van der Waals surface area contributed by atoms with Gasteiger partial charge in [0.1, 0.15) is 12.3 Å². The number of hydrogen-bond acceptors (Lipinski definition) is 8. The van der Waals surface area contributed by atoms with Gasteiger partial charge in [-0.15, -0.1) is 10.1 Å². The molecule has 178 valence electrons. The molecule has 0 saturated heterocycles. The summed E-state index contributed by atoms with van der Waals surface area (Å²) in [5, 5.41) is 20.7. The number of amides is 1. The van der Waals surface area contributed by atoms with Gasteiger partial charge in [0.15, 0.2) is 0 Å². The molecule has 0 spiro atoms. The molecule has 0 fully saturated rings. The molecule has 11 nitrogen and oxygen atoms in total. The van der Waals surface area contributed by atoms with Gasteiger partial charge in [0.05, 0.1) is 25.7 Å². The van der Waals surface area contributed by atoms with Gasteiger partial charge >= 0.3 is 11.9 Å². The van der Waals surface area contributed by atoms with Crippen LogP contribution in [0.15, 0.2) is 36.4 Å². The molecule has 2 aromatic carbocycles. The molecule has 0 heterocycles. The summed E-state index contributed by atoms with van der Waals surface area (Å²) in [6.45, 7) is 0.746. The van der Waals surface area contributed by atoms with Crippen molar-refractivity contribution in [2.24, 2.45) is 0 Å². The third-order valence-corrected chi connectivity index (χ3v) is 5.20. The Morgan fingerprint density at radius 1 is 1.12 bits per heavy atom. The van der Waals surface area contributed by atoms with Gasteiger partial charge in [-0.05, 0) is 41.5 Å². The van der Waals surface area contributed by atoms with Gasteiger partial charge in [-0.2, -0.15) is 0 Å². The predicted octanol–water partition coefficient (Wildman–Crippen LogP) is 2.18. The van der Waals surface area contributed by atoms with Gasteiger partial charge in [-0.25, -0.2) is 0 Å². The monoisotopic (exact) mass is 462 g/mol. The van der Waals surface area contributed by atoms with E-state index in [9.17, 15) is 29.6 Å². The molecule has 1 N–H and O–H groups in total. The summed E-state index contributed by atoms with van der Waals surface area (Å²) in [5.41, 5.74) is -1.08. The highest BCUT2D eigenvalue weighted by Crippen LogP contribution is 2.32. The average Bonchev–Trinajstić information content (AvgIpc) is 2.77.